The molecule has 0 saturated heterocycles. The molecule has 5 nitrogen and oxygen atoms in total. The first-order chi connectivity index (χ1) is 8.45. The summed E-state index contributed by atoms with van der Waals surface area (Å²) >= 11 is 3.27. The Morgan fingerprint density at radius 1 is 1.61 bits per heavy atom. The lowest BCUT2D eigenvalue weighted by molar-refractivity contribution is 0.0379. The average molecular weight is 317 g/mol. The molecule has 1 aromatic heterocycles. The van der Waals surface area contributed by atoms with Gasteiger partial charge in [-0.25, -0.2) is 4.98 Å². The molecule has 1 unspecified atom stereocenters. The summed E-state index contributed by atoms with van der Waals surface area (Å²) in [5.74, 6) is -0.190. The van der Waals surface area contributed by atoms with Gasteiger partial charge in [0.1, 0.15) is 4.60 Å². The Morgan fingerprint density at radius 3 is 2.83 bits per heavy atom. The first kappa shape index (κ1) is 15.1. The number of nitrogens with zero attached hydrogens (tertiary/aromatic N) is 2. The molecule has 0 saturated carbocycles. The van der Waals surface area contributed by atoms with E-state index in [9.17, 15) is 9.90 Å². The van der Waals surface area contributed by atoms with Crippen molar-refractivity contribution in [3.63, 3.8) is 0 Å². The highest BCUT2D eigenvalue weighted by Gasteiger charge is 2.18. The molecular formula is C12H17BrN2O3. The number of aromatic nitrogens is 1. The highest BCUT2D eigenvalue weighted by atomic mass is 79.9. The second-order valence-corrected chi connectivity index (χ2v) is 4.84. The number of halogens is 1. The van der Waals surface area contributed by atoms with Crippen LogP contribution >= 0.6 is 15.9 Å². The van der Waals surface area contributed by atoms with Crippen LogP contribution in [0.25, 0.3) is 0 Å². The molecule has 1 N–H and O–H groups in total. The van der Waals surface area contributed by atoms with Gasteiger partial charge >= 0.3 is 0 Å². The zero-order valence-electron chi connectivity index (χ0n) is 10.7. The Labute approximate surface area is 115 Å². The minimum Gasteiger partial charge on any atom is -0.389 e. The number of likely N-dealkylation sites (N-methyl/N-ethyl adjacent to an activating group) is 1. The quantitative estimate of drug-likeness (QED) is 0.830. The molecule has 0 bridgehead atoms. The van der Waals surface area contributed by atoms with Gasteiger partial charge in [0.2, 0.25) is 0 Å². The summed E-state index contributed by atoms with van der Waals surface area (Å²) in [6.45, 7) is 2.27. The van der Waals surface area contributed by atoms with Crippen LogP contribution < -0.4 is 0 Å². The third-order valence-electron chi connectivity index (χ3n) is 2.41. The van der Waals surface area contributed by atoms with Crippen LogP contribution in [0.5, 0.6) is 0 Å². The lowest BCUT2D eigenvalue weighted by Crippen LogP contribution is -2.36. The molecule has 100 valence electrons. The number of aliphatic hydroxyl groups excluding tert-OH is 1. The minimum atomic E-state index is -0.693. The fourth-order valence-corrected chi connectivity index (χ4v) is 2.12. The van der Waals surface area contributed by atoms with E-state index < -0.39 is 6.10 Å². The van der Waals surface area contributed by atoms with Crippen LogP contribution in [0.2, 0.25) is 0 Å². The number of pyridine rings is 1. The second-order valence-electron chi connectivity index (χ2n) is 4.09. The van der Waals surface area contributed by atoms with E-state index in [4.69, 9.17) is 4.74 Å². The number of hydrogen-bond acceptors (Lipinski definition) is 4. The second kappa shape index (κ2) is 6.82. The first-order valence-corrected chi connectivity index (χ1v) is 6.30. The molecule has 1 rings (SSSR count). The van der Waals surface area contributed by atoms with Crippen molar-refractivity contribution in [1.82, 2.24) is 9.88 Å². The number of rotatable bonds is 5. The number of aryl methyl sites for hydroxylation is 1. The molecule has 1 amide bonds. The van der Waals surface area contributed by atoms with Gasteiger partial charge in [0, 0.05) is 26.4 Å². The van der Waals surface area contributed by atoms with Crippen LogP contribution in [0.15, 0.2) is 16.7 Å². The molecule has 1 aromatic rings. The third-order valence-corrected chi connectivity index (χ3v) is 3.01. The molecule has 0 aliphatic heterocycles. The number of methoxy groups -OCH3 is 1. The highest BCUT2D eigenvalue weighted by molar-refractivity contribution is 9.10. The SMILES string of the molecule is COCC(O)CN(C)C(=O)c1ccc(C)nc1Br. The maximum Gasteiger partial charge on any atom is 0.256 e. The highest BCUT2D eigenvalue weighted by Crippen LogP contribution is 2.16. The van der Waals surface area contributed by atoms with Gasteiger partial charge in [-0.05, 0) is 35.0 Å². The number of aliphatic hydroxyl groups is 1. The fraction of sp³-hybridized carbons (Fsp3) is 0.500. The van der Waals surface area contributed by atoms with Crippen LogP contribution in [0.4, 0.5) is 0 Å². The van der Waals surface area contributed by atoms with Gasteiger partial charge < -0.3 is 14.7 Å². The minimum absolute atomic E-state index is 0.190. The largest absolute Gasteiger partial charge is 0.389 e. The molecular weight excluding hydrogens is 300 g/mol. The Kier molecular flexibility index (Phi) is 5.71. The molecule has 0 aliphatic rings. The van der Waals surface area contributed by atoms with Crippen molar-refractivity contribution in [3.8, 4) is 0 Å². The van der Waals surface area contributed by atoms with Gasteiger partial charge in [-0.1, -0.05) is 0 Å². The van der Waals surface area contributed by atoms with Crippen LogP contribution in [-0.2, 0) is 4.74 Å². The standard InChI is InChI=1S/C12H17BrN2O3/c1-8-4-5-10(11(13)14-8)12(17)15(2)6-9(16)7-18-3/h4-5,9,16H,6-7H2,1-3H3. The van der Waals surface area contributed by atoms with Crippen molar-refractivity contribution in [3.05, 3.63) is 28.0 Å². The van der Waals surface area contributed by atoms with E-state index >= 15 is 0 Å². The average Bonchev–Trinajstić information content (AvgIpc) is 2.28. The maximum absolute atomic E-state index is 12.1. The summed E-state index contributed by atoms with van der Waals surface area (Å²) in [6, 6.07) is 3.49. The van der Waals surface area contributed by atoms with Gasteiger partial charge in [0.25, 0.3) is 5.91 Å². The normalized spacial score (nSPS) is 12.3. The molecule has 6 heteroatoms. The van der Waals surface area contributed by atoms with Crippen molar-refractivity contribution in [2.45, 2.75) is 13.0 Å². The summed E-state index contributed by atoms with van der Waals surface area (Å²) in [5.41, 5.74) is 1.31. The van der Waals surface area contributed by atoms with Crippen LogP contribution in [0, 0.1) is 6.92 Å². The van der Waals surface area contributed by atoms with Crippen molar-refractivity contribution in [2.75, 3.05) is 27.3 Å². The van der Waals surface area contributed by atoms with Crippen molar-refractivity contribution in [2.24, 2.45) is 0 Å². The number of hydrogen-bond donors (Lipinski definition) is 1. The summed E-state index contributed by atoms with van der Waals surface area (Å²) in [7, 11) is 3.14. The fourth-order valence-electron chi connectivity index (χ4n) is 1.53. The molecule has 0 radical (unpaired) electrons. The zero-order valence-corrected chi connectivity index (χ0v) is 12.3. The summed E-state index contributed by atoms with van der Waals surface area (Å²) in [6.07, 6.45) is -0.693. The van der Waals surface area contributed by atoms with Crippen molar-refractivity contribution < 1.29 is 14.6 Å². The molecule has 0 fully saturated rings. The molecule has 1 atom stereocenters. The molecule has 1 heterocycles. The Bertz CT molecular complexity index is 426. The van der Waals surface area contributed by atoms with E-state index in [0.717, 1.165) is 5.69 Å². The predicted octanol–water partition coefficient (Wildman–Crippen LogP) is 1.23. The Morgan fingerprint density at radius 2 is 2.28 bits per heavy atom. The Balaban J connectivity index is 2.74. The topological polar surface area (TPSA) is 62.7 Å². The summed E-state index contributed by atoms with van der Waals surface area (Å²) < 4.78 is 5.33. The molecule has 0 spiro atoms. The van der Waals surface area contributed by atoms with Gasteiger partial charge in [-0.3, -0.25) is 4.79 Å². The Hall–Kier alpha value is -0.980. The van der Waals surface area contributed by atoms with Gasteiger partial charge in [-0.2, -0.15) is 0 Å². The third kappa shape index (κ3) is 4.04. The molecule has 18 heavy (non-hydrogen) atoms. The number of carbonyl (C=O) groups excluding carboxylic acids is 1. The maximum atomic E-state index is 12.1. The van der Waals surface area contributed by atoms with E-state index in [1.807, 2.05) is 6.92 Å². The van der Waals surface area contributed by atoms with Gasteiger partial charge in [-0.15, -0.1) is 0 Å². The van der Waals surface area contributed by atoms with Crippen LogP contribution in [-0.4, -0.2) is 54.3 Å². The monoisotopic (exact) mass is 316 g/mol. The molecule has 0 aliphatic carbocycles. The van der Waals surface area contributed by atoms with Crippen molar-refractivity contribution in [1.29, 1.82) is 0 Å². The van der Waals surface area contributed by atoms with Crippen molar-refractivity contribution >= 4 is 21.8 Å². The molecule has 0 aromatic carbocycles. The summed E-state index contributed by atoms with van der Waals surface area (Å²) in [5, 5.41) is 9.58. The van der Waals surface area contributed by atoms with E-state index in [1.54, 1.807) is 19.2 Å². The lowest BCUT2D eigenvalue weighted by atomic mass is 10.2. The lowest BCUT2D eigenvalue weighted by Gasteiger charge is -2.20. The number of carbonyl (C=O) groups is 1. The summed E-state index contributed by atoms with van der Waals surface area (Å²) in [4.78, 5) is 17.7. The predicted molar refractivity (Wildman–Crippen MR) is 71.5 cm³/mol. The van der Waals surface area contributed by atoms with Crippen LogP contribution in [0.1, 0.15) is 16.1 Å². The first-order valence-electron chi connectivity index (χ1n) is 5.51. The number of amides is 1. The van der Waals surface area contributed by atoms with Gasteiger partial charge in [0.05, 0.1) is 18.3 Å². The van der Waals surface area contributed by atoms with E-state index in [2.05, 4.69) is 20.9 Å². The zero-order chi connectivity index (χ0) is 13.7. The van der Waals surface area contributed by atoms with E-state index in [1.165, 1.54) is 12.0 Å². The number of ether oxygens (including phenoxy) is 1. The smallest absolute Gasteiger partial charge is 0.256 e. The van der Waals surface area contributed by atoms with E-state index in [-0.39, 0.29) is 19.1 Å². The van der Waals surface area contributed by atoms with Gasteiger partial charge in [0.15, 0.2) is 0 Å². The van der Waals surface area contributed by atoms with Crippen LogP contribution in [0.3, 0.4) is 0 Å². The van der Waals surface area contributed by atoms with E-state index in [0.29, 0.717) is 10.2 Å².